The zero-order valence-electron chi connectivity index (χ0n) is 16.1. The highest BCUT2D eigenvalue weighted by molar-refractivity contribution is 5.96. The van der Waals surface area contributed by atoms with Gasteiger partial charge in [0.2, 0.25) is 0 Å². The molecule has 0 spiro atoms. The molecule has 0 atom stereocenters. The van der Waals surface area contributed by atoms with E-state index in [2.05, 4.69) is 18.4 Å². The van der Waals surface area contributed by atoms with E-state index in [0.717, 1.165) is 45.9 Å². The number of aromatic nitrogens is 3. The van der Waals surface area contributed by atoms with Gasteiger partial charge in [-0.05, 0) is 54.8 Å². The zero-order valence-corrected chi connectivity index (χ0v) is 16.1. The van der Waals surface area contributed by atoms with E-state index in [4.69, 9.17) is 9.97 Å². The minimum absolute atomic E-state index is 0.297. The molecule has 0 radical (unpaired) electrons. The van der Waals surface area contributed by atoms with Crippen molar-refractivity contribution in [1.29, 1.82) is 0 Å². The first kappa shape index (κ1) is 17.9. The van der Waals surface area contributed by atoms with Crippen LogP contribution < -0.4 is 0 Å². The van der Waals surface area contributed by atoms with Crippen molar-refractivity contribution in [2.24, 2.45) is 0 Å². The third-order valence-electron chi connectivity index (χ3n) is 4.91. The first-order valence-corrected chi connectivity index (χ1v) is 9.28. The number of carboxylic acid groups (broad SMARTS) is 1. The molecule has 0 bridgehead atoms. The summed E-state index contributed by atoms with van der Waals surface area (Å²) in [5.74, 6) is 0.0265. The Morgan fingerprint density at radius 2 is 1.75 bits per heavy atom. The molecule has 0 saturated carbocycles. The molecule has 140 valence electrons. The van der Waals surface area contributed by atoms with Crippen molar-refractivity contribution in [1.82, 2.24) is 14.5 Å². The number of pyridine rings is 1. The number of carboxylic acids is 1. The highest BCUT2D eigenvalue weighted by Crippen LogP contribution is 2.28. The van der Waals surface area contributed by atoms with Gasteiger partial charge in [0.05, 0.1) is 5.56 Å². The van der Waals surface area contributed by atoms with E-state index < -0.39 is 5.97 Å². The number of rotatable bonds is 4. The summed E-state index contributed by atoms with van der Waals surface area (Å²) in [6.07, 6.45) is 0.790. The number of carbonyl (C=O) groups is 1. The van der Waals surface area contributed by atoms with Crippen molar-refractivity contribution in [3.05, 3.63) is 77.2 Å². The molecule has 0 aliphatic heterocycles. The molecule has 0 aliphatic carbocycles. The third-order valence-corrected chi connectivity index (χ3v) is 4.91. The van der Waals surface area contributed by atoms with E-state index in [1.165, 1.54) is 0 Å². The fraction of sp³-hybridized carbons (Fsp3) is 0.174. The van der Waals surface area contributed by atoms with Gasteiger partial charge >= 0.3 is 5.97 Å². The molecular weight excluding hydrogens is 350 g/mol. The Kier molecular flexibility index (Phi) is 4.43. The third kappa shape index (κ3) is 2.95. The van der Waals surface area contributed by atoms with Gasteiger partial charge in [-0.2, -0.15) is 0 Å². The lowest BCUT2D eigenvalue weighted by molar-refractivity contribution is 0.0697. The summed E-state index contributed by atoms with van der Waals surface area (Å²) in [5, 5.41) is 9.45. The molecule has 28 heavy (non-hydrogen) atoms. The van der Waals surface area contributed by atoms with Crippen LogP contribution in [0.2, 0.25) is 0 Å². The van der Waals surface area contributed by atoms with Gasteiger partial charge in [0.25, 0.3) is 0 Å². The largest absolute Gasteiger partial charge is 0.478 e. The van der Waals surface area contributed by atoms with Gasteiger partial charge in [-0.3, -0.25) is 4.57 Å². The maximum Gasteiger partial charge on any atom is 0.336 e. The van der Waals surface area contributed by atoms with Crippen LogP contribution in [-0.2, 0) is 6.42 Å². The van der Waals surface area contributed by atoms with Crippen molar-refractivity contribution in [3.63, 3.8) is 0 Å². The summed E-state index contributed by atoms with van der Waals surface area (Å²) in [5.41, 5.74) is 6.68. The smallest absolute Gasteiger partial charge is 0.336 e. The van der Waals surface area contributed by atoms with E-state index in [1.807, 2.05) is 49.4 Å². The fourth-order valence-electron chi connectivity index (χ4n) is 3.63. The second-order valence-corrected chi connectivity index (χ2v) is 6.87. The lowest BCUT2D eigenvalue weighted by atomic mass is 9.99. The molecule has 0 saturated heterocycles. The SMILES string of the molecule is CCc1nc2c(C)cc(C)nc2n1-c1ccc(-c2ccccc2C(=O)O)cc1. The Labute approximate surface area is 163 Å². The number of imidazole rings is 1. The predicted octanol–water partition coefficient (Wildman–Crippen LogP) is 4.96. The Morgan fingerprint density at radius 3 is 2.43 bits per heavy atom. The lowest BCUT2D eigenvalue weighted by Crippen LogP contribution is -2.02. The van der Waals surface area contributed by atoms with Crippen LogP contribution in [0.15, 0.2) is 54.6 Å². The maximum atomic E-state index is 11.5. The second kappa shape index (κ2) is 6.93. The van der Waals surface area contributed by atoms with E-state index in [0.29, 0.717) is 11.1 Å². The van der Waals surface area contributed by atoms with E-state index in [1.54, 1.807) is 12.1 Å². The van der Waals surface area contributed by atoms with Crippen LogP contribution in [0.5, 0.6) is 0 Å². The monoisotopic (exact) mass is 371 g/mol. The van der Waals surface area contributed by atoms with Crippen LogP contribution >= 0.6 is 0 Å². The minimum Gasteiger partial charge on any atom is -0.478 e. The molecule has 4 aromatic rings. The van der Waals surface area contributed by atoms with Gasteiger partial charge in [-0.1, -0.05) is 37.3 Å². The lowest BCUT2D eigenvalue weighted by Gasteiger charge is -2.11. The molecule has 2 heterocycles. The first-order valence-electron chi connectivity index (χ1n) is 9.28. The van der Waals surface area contributed by atoms with Gasteiger partial charge in [0.1, 0.15) is 11.3 Å². The fourth-order valence-corrected chi connectivity index (χ4v) is 3.63. The molecule has 4 rings (SSSR count). The average Bonchev–Trinajstić information content (AvgIpc) is 3.07. The number of benzene rings is 2. The van der Waals surface area contributed by atoms with Crippen molar-refractivity contribution >= 4 is 17.1 Å². The molecule has 0 amide bonds. The minimum atomic E-state index is -0.927. The topological polar surface area (TPSA) is 68.0 Å². The molecule has 1 N–H and O–H groups in total. The Bertz CT molecular complexity index is 1190. The van der Waals surface area contributed by atoms with Gasteiger partial charge < -0.3 is 5.11 Å². The highest BCUT2D eigenvalue weighted by atomic mass is 16.4. The van der Waals surface area contributed by atoms with E-state index in [9.17, 15) is 9.90 Å². The van der Waals surface area contributed by atoms with Crippen molar-refractivity contribution < 1.29 is 9.90 Å². The summed E-state index contributed by atoms with van der Waals surface area (Å²) < 4.78 is 2.09. The normalized spacial score (nSPS) is 11.1. The predicted molar refractivity (Wildman–Crippen MR) is 110 cm³/mol. The number of fused-ring (bicyclic) bond motifs is 1. The van der Waals surface area contributed by atoms with Crippen LogP contribution in [0.1, 0.15) is 34.4 Å². The molecular formula is C23H21N3O2. The number of aromatic carboxylic acids is 1. The summed E-state index contributed by atoms with van der Waals surface area (Å²) in [6, 6.07) is 17.0. The van der Waals surface area contributed by atoms with Crippen molar-refractivity contribution in [2.45, 2.75) is 27.2 Å². The summed E-state index contributed by atoms with van der Waals surface area (Å²) in [4.78, 5) is 21.0. The van der Waals surface area contributed by atoms with Crippen molar-refractivity contribution in [2.75, 3.05) is 0 Å². The zero-order chi connectivity index (χ0) is 19.8. The number of nitrogens with zero attached hydrogens (tertiary/aromatic N) is 3. The maximum absolute atomic E-state index is 11.5. The molecule has 2 aromatic heterocycles. The number of hydrogen-bond acceptors (Lipinski definition) is 3. The Hall–Kier alpha value is -3.47. The van der Waals surface area contributed by atoms with Crippen molar-refractivity contribution in [3.8, 4) is 16.8 Å². The number of aryl methyl sites for hydroxylation is 3. The molecule has 5 nitrogen and oxygen atoms in total. The summed E-state index contributed by atoms with van der Waals surface area (Å²) in [6.45, 7) is 6.12. The van der Waals surface area contributed by atoms with Gasteiger partial charge in [-0.25, -0.2) is 14.8 Å². The second-order valence-electron chi connectivity index (χ2n) is 6.87. The van der Waals surface area contributed by atoms with Gasteiger partial charge in [-0.15, -0.1) is 0 Å². The molecule has 0 aliphatic rings. The Balaban J connectivity index is 1.86. The van der Waals surface area contributed by atoms with Gasteiger partial charge in [0, 0.05) is 17.8 Å². The molecule has 0 unspecified atom stereocenters. The Morgan fingerprint density at radius 1 is 1.04 bits per heavy atom. The highest BCUT2D eigenvalue weighted by Gasteiger charge is 2.16. The summed E-state index contributed by atoms with van der Waals surface area (Å²) in [7, 11) is 0. The molecule has 5 heteroatoms. The molecule has 0 fully saturated rings. The molecule has 2 aromatic carbocycles. The average molecular weight is 371 g/mol. The van der Waals surface area contributed by atoms with Crippen LogP contribution in [0.25, 0.3) is 28.0 Å². The van der Waals surface area contributed by atoms with Crippen LogP contribution in [0.4, 0.5) is 0 Å². The first-order chi connectivity index (χ1) is 13.5. The standard InChI is InChI=1S/C23H21N3O2/c1-4-20-25-21-14(2)13-15(3)24-22(21)26(20)17-11-9-16(10-12-17)18-7-5-6-8-19(18)23(27)28/h5-13H,4H2,1-3H3,(H,27,28). The number of hydrogen-bond donors (Lipinski definition) is 1. The van der Waals surface area contributed by atoms with Gasteiger partial charge in [0.15, 0.2) is 5.65 Å². The summed E-state index contributed by atoms with van der Waals surface area (Å²) >= 11 is 0. The van der Waals surface area contributed by atoms with Crippen LogP contribution in [-0.4, -0.2) is 25.6 Å². The van der Waals surface area contributed by atoms with E-state index >= 15 is 0 Å². The van der Waals surface area contributed by atoms with E-state index in [-0.39, 0.29) is 0 Å². The quantitative estimate of drug-likeness (QED) is 0.550. The van der Waals surface area contributed by atoms with Crippen LogP contribution in [0.3, 0.4) is 0 Å². The van der Waals surface area contributed by atoms with Crippen LogP contribution in [0, 0.1) is 13.8 Å².